The molecule has 0 spiro atoms. The monoisotopic (exact) mass is 513 g/mol. The third-order valence-electron chi connectivity index (χ3n) is 7.26. The number of piperazine rings is 1. The van der Waals surface area contributed by atoms with Gasteiger partial charge in [0.25, 0.3) is 11.5 Å². The molecule has 0 bridgehead atoms. The van der Waals surface area contributed by atoms with Crippen LogP contribution in [-0.4, -0.2) is 54.3 Å². The first-order chi connectivity index (χ1) is 17.9. The van der Waals surface area contributed by atoms with Crippen molar-refractivity contribution in [3.8, 4) is 5.69 Å². The van der Waals surface area contributed by atoms with Gasteiger partial charge in [0.05, 0.1) is 4.90 Å². The highest BCUT2D eigenvalue weighted by atomic mass is 32.2. The third kappa shape index (κ3) is 4.58. The topological polar surface area (TPSA) is 79.7 Å². The Labute approximate surface area is 215 Å². The number of hydrogen-bond acceptors (Lipinski definition) is 4. The Hall–Kier alpha value is -3.75. The number of nitrogens with zero attached hydrogens (tertiary/aromatic N) is 3. The van der Waals surface area contributed by atoms with E-state index in [4.69, 9.17) is 0 Å². The number of fused-ring (bicyclic) bond motifs is 1. The smallest absolute Gasteiger partial charge is 0.255 e. The minimum atomic E-state index is -3.66. The minimum absolute atomic E-state index is 0.145. The van der Waals surface area contributed by atoms with Gasteiger partial charge in [0.1, 0.15) is 0 Å². The maximum absolute atomic E-state index is 13.4. The fraction of sp³-hybridized carbons (Fsp3) is 0.241. The number of hydrogen-bond donors (Lipinski definition) is 0. The van der Waals surface area contributed by atoms with Gasteiger partial charge < -0.3 is 4.90 Å². The molecule has 1 amide bonds. The fourth-order valence-electron chi connectivity index (χ4n) is 4.94. The zero-order chi connectivity index (χ0) is 25.6. The van der Waals surface area contributed by atoms with Crippen LogP contribution >= 0.6 is 0 Å². The molecule has 2 fully saturated rings. The number of amides is 1. The van der Waals surface area contributed by atoms with Gasteiger partial charge in [-0.2, -0.15) is 4.31 Å². The molecule has 37 heavy (non-hydrogen) atoms. The summed E-state index contributed by atoms with van der Waals surface area (Å²) < 4.78 is 29.7. The van der Waals surface area contributed by atoms with E-state index in [0.717, 1.165) is 10.8 Å². The first-order valence-corrected chi connectivity index (χ1v) is 14.0. The number of carbonyl (C=O) groups excluding carboxylic acids is 1. The summed E-state index contributed by atoms with van der Waals surface area (Å²) in [5.41, 5.74) is 2.36. The lowest BCUT2D eigenvalue weighted by Gasteiger charge is -2.34. The predicted octanol–water partition coefficient (Wildman–Crippen LogP) is 4.01. The summed E-state index contributed by atoms with van der Waals surface area (Å²) in [6.45, 7) is 1.11. The summed E-state index contributed by atoms with van der Waals surface area (Å²) in [6, 6.07) is 23.4. The lowest BCUT2D eigenvalue weighted by molar-refractivity contribution is 0.0698. The molecular formula is C29H27N3O4S. The van der Waals surface area contributed by atoms with E-state index in [2.05, 4.69) is 12.1 Å². The Morgan fingerprint density at radius 2 is 1.49 bits per heavy atom. The van der Waals surface area contributed by atoms with Gasteiger partial charge in [-0.15, -0.1) is 0 Å². The number of pyridine rings is 1. The van der Waals surface area contributed by atoms with Crippen molar-refractivity contribution in [2.24, 2.45) is 0 Å². The normalized spacial score (nSPS) is 16.7. The third-order valence-corrected chi connectivity index (χ3v) is 9.16. The molecule has 0 radical (unpaired) electrons. The molecule has 0 unspecified atom stereocenters. The molecular weight excluding hydrogens is 486 g/mol. The quantitative estimate of drug-likeness (QED) is 0.404. The predicted molar refractivity (Wildman–Crippen MR) is 143 cm³/mol. The van der Waals surface area contributed by atoms with Crippen molar-refractivity contribution >= 4 is 26.7 Å². The molecule has 1 aromatic heterocycles. The molecule has 3 aromatic carbocycles. The summed E-state index contributed by atoms with van der Waals surface area (Å²) in [6.07, 6.45) is 4.14. The Balaban J connectivity index is 1.13. The SMILES string of the molecule is O=C(c1ccc(-n2ccccc2=O)cc1)N1CCN(S(=O)(=O)c2ccc3cc(C4CC4)ccc3c2)CC1. The van der Waals surface area contributed by atoms with Gasteiger partial charge in [0.15, 0.2) is 0 Å². The highest BCUT2D eigenvalue weighted by Crippen LogP contribution is 2.41. The zero-order valence-electron chi connectivity index (χ0n) is 20.3. The van der Waals surface area contributed by atoms with Crippen LogP contribution in [0.4, 0.5) is 0 Å². The van der Waals surface area contributed by atoms with Gasteiger partial charge in [-0.1, -0.05) is 30.3 Å². The van der Waals surface area contributed by atoms with E-state index in [-0.39, 0.29) is 29.5 Å². The highest BCUT2D eigenvalue weighted by Gasteiger charge is 2.31. The standard InChI is InChI=1S/C29H27N3O4S/c33-28-3-1-2-14-32(28)26-11-8-22(9-12-26)29(34)30-15-17-31(18-16-30)37(35,36)27-13-10-24-19-23(21-4-5-21)6-7-25(24)20-27/h1-3,6-14,19-21H,4-5,15-18H2. The molecule has 1 saturated carbocycles. The van der Waals surface area contributed by atoms with Crippen molar-refractivity contribution in [1.29, 1.82) is 0 Å². The molecule has 1 aliphatic carbocycles. The fourth-order valence-corrected chi connectivity index (χ4v) is 6.40. The van der Waals surface area contributed by atoms with E-state index in [1.54, 1.807) is 59.6 Å². The van der Waals surface area contributed by atoms with Crippen molar-refractivity contribution in [3.63, 3.8) is 0 Å². The molecule has 8 heteroatoms. The van der Waals surface area contributed by atoms with Crippen LogP contribution < -0.4 is 5.56 Å². The lowest BCUT2D eigenvalue weighted by atomic mass is 10.0. The van der Waals surface area contributed by atoms with Crippen LogP contribution in [0, 0.1) is 0 Å². The first-order valence-electron chi connectivity index (χ1n) is 12.5. The van der Waals surface area contributed by atoms with E-state index < -0.39 is 10.0 Å². The van der Waals surface area contributed by atoms with Crippen molar-refractivity contribution in [2.75, 3.05) is 26.2 Å². The van der Waals surface area contributed by atoms with Crippen LogP contribution in [0.15, 0.2) is 94.7 Å². The first kappa shape index (κ1) is 23.6. The lowest BCUT2D eigenvalue weighted by Crippen LogP contribution is -2.50. The summed E-state index contributed by atoms with van der Waals surface area (Å²) in [5, 5.41) is 1.97. The van der Waals surface area contributed by atoms with Crippen molar-refractivity contribution in [3.05, 3.63) is 107 Å². The van der Waals surface area contributed by atoms with E-state index in [0.29, 0.717) is 30.3 Å². The second kappa shape index (κ2) is 9.28. The number of carbonyl (C=O) groups is 1. The molecule has 1 aliphatic heterocycles. The largest absolute Gasteiger partial charge is 0.336 e. The highest BCUT2D eigenvalue weighted by molar-refractivity contribution is 7.89. The molecule has 2 aliphatic rings. The van der Waals surface area contributed by atoms with Gasteiger partial charge in [-0.05, 0) is 77.6 Å². The van der Waals surface area contributed by atoms with Crippen LogP contribution in [0.1, 0.15) is 34.7 Å². The summed E-state index contributed by atoms with van der Waals surface area (Å²) in [4.78, 5) is 27.1. The van der Waals surface area contributed by atoms with Gasteiger partial charge in [0.2, 0.25) is 10.0 Å². The Kier molecular flexibility index (Phi) is 5.93. The van der Waals surface area contributed by atoms with Crippen LogP contribution in [0.2, 0.25) is 0 Å². The summed E-state index contributed by atoms with van der Waals surface area (Å²) >= 11 is 0. The Morgan fingerprint density at radius 1 is 0.784 bits per heavy atom. The molecule has 188 valence electrons. The van der Waals surface area contributed by atoms with Crippen LogP contribution in [0.3, 0.4) is 0 Å². The molecule has 4 aromatic rings. The van der Waals surface area contributed by atoms with Crippen LogP contribution in [0.5, 0.6) is 0 Å². The Bertz CT molecular complexity index is 1650. The van der Waals surface area contributed by atoms with E-state index >= 15 is 0 Å². The molecule has 6 rings (SSSR count). The van der Waals surface area contributed by atoms with Gasteiger partial charge in [0, 0.05) is 49.7 Å². The number of aromatic nitrogens is 1. The number of benzene rings is 3. The van der Waals surface area contributed by atoms with Gasteiger partial charge in [-0.3, -0.25) is 14.2 Å². The van der Waals surface area contributed by atoms with E-state index in [1.165, 1.54) is 33.3 Å². The molecule has 0 N–H and O–H groups in total. The molecule has 7 nitrogen and oxygen atoms in total. The van der Waals surface area contributed by atoms with Crippen molar-refractivity contribution in [2.45, 2.75) is 23.7 Å². The molecule has 1 saturated heterocycles. The number of sulfonamides is 1. The average Bonchev–Trinajstić information content (AvgIpc) is 3.78. The van der Waals surface area contributed by atoms with E-state index in [1.807, 2.05) is 12.1 Å². The van der Waals surface area contributed by atoms with E-state index in [9.17, 15) is 18.0 Å². The number of rotatable bonds is 5. The maximum atomic E-state index is 13.4. The zero-order valence-corrected chi connectivity index (χ0v) is 21.1. The second-order valence-corrected chi connectivity index (χ2v) is 11.6. The second-order valence-electron chi connectivity index (χ2n) is 9.69. The minimum Gasteiger partial charge on any atom is -0.336 e. The van der Waals surface area contributed by atoms with Crippen LogP contribution in [0.25, 0.3) is 16.5 Å². The Morgan fingerprint density at radius 3 is 2.19 bits per heavy atom. The van der Waals surface area contributed by atoms with Crippen LogP contribution in [-0.2, 0) is 10.0 Å². The average molecular weight is 514 g/mol. The summed E-state index contributed by atoms with van der Waals surface area (Å²) in [5.74, 6) is 0.499. The molecule has 0 atom stereocenters. The van der Waals surface area contributed by atoms with Gasteiger partial charge >= 0.3 is 0 Å². The maximum Gasteiger partial charge on any atom is 0.255 e. The molecule has 2 heterocycles. The van der Waals surface area contributed by atoms with Crippen molar-refractivity contribution < 1.29 is 13.2 Å². The summed E-state index contributed by atoms with van der Waals surface area (Å²) in [7, 11) is -3.66. The van der Waals surface area contributed by atoms with Crippen molar-refractivity contribution in [1.82, 2.24) is 13.8 Å². The van der Waals surface area contributed by atoms with Gasteiger partial charge in [-0.25, -0.2) is 8.42 Å².